The van der Waals surface area contributed by atoms with Crippen molar-refractivity contribution < 1.29 is 9.47 Å². The molecule has 21 heavy (non-hydrogen) atoms. The van der Waals surface area contributed by atoms with Gasteiger partial charge in [0.15, 0.2) is 11.5 Å². The Labute approximate surface area is 126 Å². The third-order valence-electron chi connectivity index (χ3n) is 3.72. The molecule has 2 rings (SSSR count). The number of benzene rings is 2. The van der Waals surface area contributed by atoms with Crippen molar-refractivity contribution in [2.24, 2.45) is 0 Å². The Kier molecular flexibility index (Phi) is 5.23. The molecule has 0 aromatic heterocycles. The maximum atomic E-state index is 5.40. The van der Waals surface area contributed by atoms with Crippen molar-refractivity contribution in [3.05, 3.63) is 59.2 Å². The van der Waals surface area contributed by atoms with E-state index in [4.69, 9.17) is 9.47 Å². The van der Waals surface area contributed by atoms with Gasteiger partial charge in [-0.15, -0.1) is 0 Å². The molecule has 0 aliphatic rings. The van der Waals surface area contributed by atoms with Gasteiger partial charge in [0.25, 0.3) is 0 Å². The first-order valence-corrected chi connectivity index (χ1v) is 7.21. The Morgan fingerprint density at radius 3 is 2.29 bits per heavy atom. The van der Waals surface area contributed by atoms with Crippen molar-refractivity contribution in [3.8, 4) is 11.5 Å². The van der Waals surface area contributed by atoms with Crippen molar-refractivity contribution in [2.75, 3.05) is 21.3 Å². The predicted molar refractivity (Wildman–Crippen MR) is 86.3 cm³/mol. The van der Waals surface area contributed by atoms with Gasteiger partial charge in [-0.25, -0.2) is 0 Å². The van der Waals surface area contributed by atoms with Crippen molar-refractivity contribution >= 4 is 0 Å². The Morgan fingerprint density at radius 1 is 0.952 bits per heavy atom. The lowest BCUT2D eigenvalue weighted by atomic mass is 9.96. The first kappa shape index (κ1) is 15.4. The molecule has 0 saturated heterocycles. The number of nitrogens with one attached hydrogen (secondary N) is 1. The molecule has 1 N–H and O–H groups in total. The van der Waals surface area contributed by atoms with Crippen LogP contribution < -0.4 is 14.8 Å². The molecule has 3 heteroatoms. The van der Waals surface area contributed by atoms with Crippen LogP contribution in [0.3, 0.4) is 0 Å². The normalized spacial score (nSPS) is 12.0. The molecule has 3 nitrogen and oxygen atoms in total. The van der Waals surface area contributed by atoms with E-state index >= 15 is 0 Å². The van der Waals surface area contributed by atoms with Gasteiger partial charge in [0.05, 0.1) is 20.3 Å². The molecule has 0 fully saturated rings. The molecule has 0 aliphatic heterocycles. The molecular weight excluding hydrogens is 262 g/mol. The summed E-state index contributed by atoms with van der Waals surface area (Å²) in [5.74, 6) is 1.50. The number of aryl methyl sites for hydroxylation is 1. The zero-order valence-electron chi connectivity index (χ0n) is 13.1. The summed E-state index contributed by atoms with van der Waals surface area (Å²) < 4.78 is 10.7. The summed E-state index contributed by atoms with van der Waals surface area (Å²) in [5, 5.41) is 3.38. The maximum absolute atomic E-state index is 5.40. The molecule has 0 heterocycles. The van der Waals surface area contributed by atoms with Crippen LogP contribution in [0, 0.1) is 0 Å². The van der Waals surface area contributed by atoms with Gasteiger partial charge in [-0.3, -0.25) is 0 Å². The summed E-state index contributed by atoms with van der Waals surface area (Å²) in [6.07, 6.45) is 1.04. The van der Waals surface area contributed by atoms with E-state index in [2.05, 4.69) is 42.6 Å². The van der Waals surface area contributed by atoms with E-state index in [0.717, 1.165) is 23.5 Å². The molecule has 0 bridgehead atoms. The maximum Gasteiger partial charge on any atom is 0.161 e. The van der Waals surface area contributed by atoms with Crippen molar-refractivity contribution in [2.45, 2.75) is 19.4 Å². The van der Waals surface area contributed by atoms with E-state index in [1.807, 2.05) is 19.2 Å². The molecule has 0 aliphatic carbocycles. The van der Waals surface area contributed by atoms with Gasteiger partial charge in [0.1, 0.15) is 0 Å². The quantitative estimate of drug-likeness (QED) is 0.880. The fraction of sp³-hybridized carbons (Fsp3) is 0.333. The second kappa shape index (κ2) is 7.14. The van der Waals surface area contributed by atoms with E-state index in [9.17, 15) is 0 Å². The van der Waals surface area contributed by atoms with Crippen LogP contribution in [0.1, 0.15) is 29.7 Å². The number of hydrogen-bond donors (Lipinski definition) is 1. The van der Waals surface area contributed by atoms with Crippen LogP contribution in [0.2, 0.25) is 0 Å². The lowest BCUT2D eigenvalue weighted by Gasteiger charge is -2.19. The summed E-state index contributed by atoms with van der Waals surface area (Å²) in [5.41, 5.74) is 3.75. The summed E-state index contributed by atoms with van der Waals surface area (Å²) in [7, 11) is 5.28. The minimum Gasteiger partial charge on any atom is -0.493 e. The molecule has 0 spiro atoms. The van der Waals surface area contributed by atoms with Gasteiger partial charge in [-0.2, -0.15) is 0 Å². The second-order valence-corrected chi connectivity index (χ2v) is 4.93. The van der Waals surface area contributed by atoms with Gasteiger partial charge in [0, 0.05) is 0 Å². The summed E-state index contributed by atoms with van der Waals surface area (Å²) in [6.45, 7) is 2.17. The monoisotopic (exact) mass is 285 g/mol. The van der Waals surface area contributed by atoms with Crippen molar-refractivity contribution in [1.82, 2.24) is 5.32 Å². The van der Waals surface area contributed by atoms with Crippen molar-refractivity contribution in [1.29, 1.82) is 0 Å². The van der Waals surface area contributed by atoms with Gasteiger partial charge in [-0.1, -0.05) is 37.3 Å². The Balaban J connectivity index is 2.40. The minimum atomic E-state index is 0.135. The zero-order chi connectivity index (χ0) is 15.2. The number of ether oxygens (including phenoxy) is 2. The van der Waals surface area contributed by atoms with E-state index in [1.54, 1.807) is 14.2 Å². The van der Waals surface area contributed by atoms with Gasteiger partial charge in [0.2, 0.25) is 0 Å². The molecule has 1 unspecified atom stereocenters. The highest BCUT2D eigenvalue weighted by Gasteiger charge is 2.15. The van der Waals surface area contributed by atoms with Crippen LogP contribution in [0.15, 0.2) is 42.5 Å². The average molecular weight is 285 g/mol. The molecule has 1 atom stereocenters. The highest BCUT2D eigenvalue weighted by atomic mass is 16.5. The molecule has 112 valence electrons. The molecule has 2 aromatic carbocycles. The largest absolute Gasteiger partial charge is 0.493 e. The SMILES string of the molecule is CCc1cccc(C(NC)c2ccc(OC)c(OC)c2)c1. The lowest BCUT2D eigenvalue weighted by Crippen LogP contribution is -2.18. The zero-order valence-corrected chi connectivity index (χ0v) is 13.1. The van der Waals surface area contributed by atoms with Crippen LogP contribution in [-0.4, -0.2) is 21.3 Å². The Morgan fingerprint density at radius 2 is 1.67 bits per heavy atom. The molecule has 0 saturated carbocycles. The fourth-order valence-electron chi connectivity index (χ4n) is 2.55. The third-order valence-corrected chi connectivity index (χ3v) is 3.72. The van der Waals surface area contributed by atoms with E-state index in [-0.39, 0.29) is 6.04 Å². The van der Waals surface area contributed by atoms with Gasteiger partial charge >= 0.3 is 0 Å². The number of hydrogen-bond acceptors (Lipinski definition) is 3. The van der Waals surface area contributed by atoms with Crippen LogP contribution in [0.25, 0.3) is 0 Å². The smallest absolute Gasteiger partial charge is 0.161 e. The van der Waals surface area contributed by atoms with Crippen LogP contribution in [0.5, 0.6) is 11.5 Å². The fourth-order valence-corrected chi connectivity index (χ4v) is 2.55. The average Bonchev–Trinajstić information content (AvgIpc) is 2.55. The topological polar surface area (TPSA) is 30.5 Å². The summed E-state index contributed by atoms with van der Waals surface area (Å²) >= 11 is 0. The van der Waals surface area contributed by atoms with Crippen LogP contribution in [0.4, 0.5) is 0 Å². The van der Waals surface area contributed by atoms with Gasteiger partial charge in [-0.05, 0) is 42.3 Å². The Hall–Kier alpha value is -2.00. The number of rotatable bonds is 6. The minimum absolute atomic E-state index is 0.135. The molecule has 0 radical (unpaired) electrons. The number of methoxy groups -OCH3 is 2. The standard InChI is InChI=1S/C18H23NO2/c1-5-13-7-6-8-14(11-13)18(19-2)15-9-10-16(20-3)17(12-15)21-4/h6-12,18-19H,5H2,1-4H3. The second-order valence-electron chi connectivity index (χ2n) is 4.93. The van der Waals surface area contributed by atoms with Crippen LogP contribution in [-0.2, 0) is 6.42 Å². The third kappa shape index (κ3) is 3.37. The summed E-state index contributed by atoms with van der Waals surface area (Å²) in [6, 6.07) is 14.8. The molecular formula is C18H23NO2. The molecule has 0 amide bonds. The van der Waals surface area contributed by atoms with Crippen LogP contribution >= 0.6 is 0 Å². The molecule has 2 aromatic rings. The van der Waals surface area contributed by atoms with Crippen molar-refractivity contribution in [3.63, 3.8) is 0 Å². The van der Waals surface area contributed by atoms with Gasteiger partial charge < -0.3 is 14.8 Å². The first-order valence-electron chi connectivity index (χ1n) is 7.21. The van der Waals surface area contributed by atoms with E-state index in [0.29, 0.717) is 0 Å². The lowest BCUT2D eigenvalue weighted by molar-refractivity contribution is 0.354. The Bertz CT molecular complexity index is 596. The highest BCUT2D eigenvalue weighted by Crippen LogP contribution is 2.32. The van der Waals surface area contributed by atoms with E-state index in [1.165, 1.54) is 11.1 Å². The predicted octanol–water partition coefficient (Wildman–Crippen LogP) is 3.58. The first-order chi connectivity index (χ1) is 10.2. The van der Waals surface area contributed by atoms with E-state index < -0.39 is 0 Å². The highest BCUT2D eigenvalue weighted by molar-refractivity contribution is 5.46. The summed E-state index contributed by atoms with van der Waals surface area (Å²) in [4.78, 5) is 0.